The fourth-order valence-corrected chi connectivity index (χ4v) is 1.67. The standard InChI is InChI=1S/C12H22N3O4/c1-11(2,3)15(18)8-7(19-12(4,5)6)9(16)14-10(17)13-8/h7-8H,1-6H3,(H2,13,14,16,17). The molecule has 1 aliphatic heterocycles. The Morgan fingerprint density at radius 3 is 2.05 bits per heavy atom. The number of hydrogen-bond donors (Lipinski definition) is 2. The summed E-state index contributed by atoms with van der Waals surface area (Å²) in [6.45, 7) is 10.4. The monoisotopic (exact) mass is 272 g/mol. The summed E-state index contributed by atoms with van der Waals surface area (Å²) in [7, 11) is 0. The molecule has 2 atom stereocenters. The first-order valence-corrected chi connectivity index (χ1v) is 6.17. The largest absolute Gasteiger partial charge is 0.359 e. The fourth-order valence-electron chi connectivity index (χ4n) is 1.67. The number of hydroxylamine groups is 2. The van der Waals surface area contributed by atoms with Crippen molar-refractivity contribution < 1.29 is 19.5 Å². The molecule has 0 aromatic rings. The van der Waals surface area contributed by atoms with Crippen LogP contribution in [0.2, 0.25) is 0 Å². The second-order valence-corrected chi connectivity index (χ2v) is 6.55. The van der Waals surface area contributed by atoms with Gasteiger partial charge in [-0.25, -0.2) is 4.79 Å². The Bertz CT molecular complexity index is 370. The number of ether oxygens (including phenoxy) is 1. The molecule has 1 heterocycles. The highest BCUT2D eigenvalue weighted by molar-refractivity contribution is 5.99. The van der Waals surface area contributed by atoms with E-state index in [9.17, 15) is 14.8 Å². The topological polar surface area (TPSA) is 90.6 Å². The molecule has 1 saturated heterocycles. The van der Waals surface area contributed by atoms with Gasteiger partial charge < -0.3 is 10.1 Å². The number of imide groups is 1. The smallest absolute Gasteiger partial charge is 0.322 e. The van der Waals surface area contributed by atoms with Crippen LogP contribution in [0.3, 0.4) is 0 Å². The van der Waals surface area contributed by atoms with Crippen molar-refractivity contribution >= 4 is 11.9 Å². The normalized spacial score (nSPS) is 25.3. The average Bonchev–Trinajstić information content (AvgIpc) is 2.17. The van der Waals surface area contributed by atoms with E-state index >= 15 is 0 Å². The van der Waals surface area contributed by atoms with Gasteiger partial charge in [0.05, 0.1) is 5.60 Å². The maximum Gasteiger partial charge on any atom is 0.322 e. The lowest BCUT2D eigenvalue weighted by atomic mass is 10.0. The lowest BCUT2D eigenvalue weighted by molar-refractivity contribution is -0.269. The van der Waals surface area contributed by atoms with Crippen molar-refractivity contribution in [3.8, 4) is 0 Å². The van der Waals surface area contributed by atoms with E-state index in [1.165, 1.54) is 0 Å². The summed E-state index contributed by atoms with van der Waals surface area (Å²) in [4.78, 5) is 23.2. The molecule has 1 radical (unpaired) electrons. The summed E-state index contributed by atoms with van der Waals surface area (Å²) in [5.74, 6) is -0.603. The average molecular weight is 272 g/mol. The number of amides is 3. The quantitative estimate of drug-likeness (QED) is 0.727. The molecule has 0 bridgehead atoms. The Balaban J connectivity index is 3.00. The maximum atomic E-state index is 12.2. The molecular formula is C12H22N3O4. The molecule has 0 saturated carbocycles. The maximum absolute atomic E-state index is 12.2. The van der Waals surface area contributed by atoms with E-state index in [-0.39, 0.29) is 0 Å². The van der Waals surface area contributed by atoms with E-state index in [0.717, 1.165) is 0 Å². The summed E-state index contributed by atoms with van der Waals surface area (Å²) in [6, 6.07) is -0.686. The molecule has 3 amide bonds. The number of urea groups is 1. The zero-order chi connectivity index (χ0) is 15.0. The van der Waals surface area contributed by atoms with E-state index in [2.05, 4.69) is 10.6 Å². The van der Waals surface area contributed by atoms with Crippen molar-refractivity contribution in [3.63, 3.8) is 0 Å². The molecule has 0 spiro atoms. The van der Waals surface area contributed by atoms with Gasteiger partial charge in [-0.2, -0.15) is 0 Å². The van der Waals surface area contributed by atoms with Crippen LogP contribution in [0.25, 0.3) is 0 Å². The first-order chi connectivity index (χ1) is 8.42. The van der Waals surface area contributed by atoms with E-state index < -0.39 is 35.3 Å². The predicted molar refractivity (Wildman–Crippen MR) is 67.4 cm³/mol. The Hall–Kier alpha value is -1.18. The van der Waals surface area contributed by atoms with Crippen molar-refractivity contribution in [2.45, 2.75) is 65.0 Å². The molecule has 1 rings (SSSR count). The van der Waals surface area contributed by atoms with Gasteiger partial charge in [0.1, 0.15) is 6.17 Å². The van der Waals surface area contributed by atoms with Crippen molar-refractivity contribution in [2.24, 2.45) is 0 Å². The molecular weight excluding hydrogens is 250 g/mol. The number of nitrogens with zero attached hydrogens (tertiary/aromatic N) is 1. The molecule has 109 valence electrons. The highest BCUT2D eigenvalue weighted by Crippen LogP contribution is 2.22. The van der Waals surface area contributed by atoms with Gasteiger partial charge in [-0.05, 0) is 41.5 Å². The number of carbonyl (C=O) groups is 2. The number of rotatable bonds is 2. The third-order valence-corrected chi connectivity index (χ3v) is 2.46. The second-order valence-electron chi connectivity index (χ2n) is 6.55. The van der Waals surface area contributed by atoms with E-state index in [0.29, 0.717) is 5.06 Å². The van der Waals surface area contributed by atoms with Crippen LogP contribution >= 0.6 is 0 Å². The molecule has 2 N–H and O–H groups in total. The van der Waals surface area contributed by atoms with Crippen molar-refractivity contribution in [3.05, 3.63) is 0 Å². The zero-order valence-electron chi connectivity index (χ0n) is 12.2. The van der Waals surface area contributed by atoms with E-state index in [1.807, 2.05) is 0 Å². The molecule has 7 heteroatoms. The van der Waals surface area contributed by atoms with Gasteiger partial charge in [-0.15, -0.1) is 10.3 Å². The summed E-state index contributed by atoms with van der Waals surface area (Å²) >= 11 is 0. The summed E-state index contributed by atoms with van der Waals surface area (Å²) in [6.07, 6.45) is -2.09. The molecule has 19 heavy (non-hydrogen) atoms. The van der Waals surface area contributed by atoms with Gasteiger partial charge in [0, 0.05) is 5.54 Å². The van der Waals surface area contributed by atoms with Crippen LogP contribution in [0.15, 0.2) is 0 Å². The Morgan fingerprint density at radius 2 is 1.63 bits per heavy atom. The minimum absolute atomic E-state index is 0.603. The van der Waals surface area contributed by atoms with Crippen molar-refractivity contribution in [1.29, 1.82) is 0 Å². The molecule has 0 aliphatic carbocycles. The van der Waals surface area contributed by atoms with Crippen LogP contribution in [0, 0.1) is 0 Å². The van der Waals surface area contributed by atoms with Gasteiger partial charge in [-0.1, -0.05) is 0 Å². The van der Waals surface area contributed by atoms with Crippen LogP contribution in [0.4, 0.5) is 4.79 Å². The van der Waals surface area contributed by atoms with Gasteiger partial charge in [0.2, 0.25) is 0 Å². The third-order valence-electron chi connectivity index (χ3n) is 2.46. The SMILES string of the molecule is CC(C)(C)OC1C(=O)NC(=O)NC1N([O])C(C)(C)C. The predicted octanol–water partition coefficient (Wildman–Crippen LogP) is 0.782. The van der Waals surface area contributed by atoms with Crippen LogP contribution in [0.1, 0.15) is 41.5 Å². The van der Waals surface area contributed by atoms with Gasteiger partial charge in [0.15, 0.2) is 6.10 Å². The minimum atomic E-state index is -1.05. The van der Waals surface area contributed by atoms with Crippen LogP contribution in [-0.2, 0) is 14.7 Å². The fraction of sp³-hybridized carbons (Fsp3) is 0.833. The van der Waals surface area contributed by atoms with E-state index in [1.54, 1.807) is 41.5 Å². The number of nitrogens with one attached hydrogen (secondary N) is 2. The first kappa shape index (κ1) is 15.9. The third kappa shape index (κ3) is 4.15. The molecule has 2 unspecified atom stereocenters. The number of carbonyl (C=O) groups excluding carboxylic acids is 2. The Labute approximate surface area is 113 Å². The van der Waals surface area contributed by atoms with Crippen LogP contribution in [-0.4, -0.2) is 40.4 Å². The molecule has 1 fully saturated rings. The highest BCUT2D eigenvalue weighted by atomic mass is 16.5. The highest BCUT2D eigenvalue weighted by Gasteiger charge is 2.45. The Kier molecular flexibility index (Phi) is 4.23. The van der Waals surface area contributed by atoms with Gasteiger partial charge in [0.25, 0.3) is 5.91 Å². The number of hydrogen-bond acceptors (Lipinski definition) is 4. The van der Waals surface area contributed by atoms with E-state index in [4.69, 9.17) is 4.74 Å². The molecule has 0 aromatic carbocycles. The minimum Gasteiger partial charge on any atom is -0.359 e. The van der Waals surface area contributed by atoms with Crippen molar-refractivity contribution in [2.75, 3.05) is 0 Å². The Morgan fingerprint density at radius 1 is 1.11 bits per heavy atom. The van der Waals surface area contributed by atoms with Gasteiger partial charge >= 0.3 is 6.03 Å². The summed E-state index contributed by atoms with van der Waals surface area (Å²) < 4.78 is 5.60. The van der Waals surface area contributed by atoms with Gasteiger partial charge in [-0.3, -0.25) is 10.1 Å². The van der Waals surface area contributed by atoms with Crippen LogP contribution in [0.5, 0.6) is 0 Å². The molecule has 1 aliphatic rings. The lowest BCUT2D eigenvalue weighted by Gasteiger charge is -2.41. The second kappa shape index (κ2) is 5.07. The molecule has 0 aromatic heterocycles. The molecule has 7 nitrogen and oxygen atoms in total. The first-order valence-electron chi connectivity index (χ1n) is 6.17. The zero-order valence-corrected chi connectivity index (χ0v) is 12.2. The van der Waals surface area contributed by atoms with Crippen LogP contribution < -0.4 is 10.6 Å². The lowest BCUT2D eigenvalue weighted by Crippen LogP contribution is -2.69. The summed E-state index contributed by atoms with van der Waals surface area (Å²) in [5.41, 5.74) is -1.36. The van der Waals surface area contributed by atoms with Crippen molar-refractivity contribution in [1.82, 2.24) is 15.7 Å². The summed E-state index contributed by atoms with van der Waals surface area (Å²) in [5, 5.41) is 17.5.